The Bertz CT molecular complexity index is 1270. The lowest BCUT2D eigenvalue weighted by Gasteiger charge is -2.11. The number of anilines is 2. The van der Waals surface area contributed by atoms with E-state index in [4.69, 9.17) is 4.42 Å². The molecule has 3 heterocycles. The van der Waals surface area contributed by atoms with Gasteiger partial charge in [-0.1, -0.05) is 53.6 Å². The molecule has 1 aliphatic heterocycles. The van der Waals surface area contributed by atoms with Crippen molar-refractivity contribution in [3.05, 3.63) is 90.0 Å². The second-order valence-corrected chi connectivity index (χ2v) is 6.71. The molecule has 152 valence electrons. The highest BCUT2D eigenvalue weighted by Crippen LogP contribution is 2.25. The van der Waals surface area contributed by atoms with Crippen molar-refractivity contribution in [2.45, 2.75) is 6.17 Å². The number of pyridine rings is 1. The summed E-state index contributed by atoms with van der Waals surface area (Å²) in [6.45, 7) is 0. The molecule has 1 amide bonds. The Hall–Kier alpha value is -4.40. The molecule has 2 N–H and O–H groups in total. The van der Waals surface area contributed by atoms with Gasteiger partial charge in [0.1, 0.15) is 0 Å². The van der Waals surface area contributed by atoms with Crippen molar-refractivity contribution in [2.75, 3.05) is 10.6 Å². The van der Waals surface area contributed by atoms with Crippen molar-refractivity contribution in [2.24, 2.45) is 4.99 Å². The zero-order chi connectivity index (χ0) is 21.2. The average Bonchev–Trinajstić information content (AvgIpc) is 3.21. The third-order valence-electron chi connectivity index (χ3n) is 4.65. The van der Waals surface area contributed by atoms with Crippen LogP contribution in [-0.2, 0) is 4.79 Å². The van der Waals surface area contributed by atoms with Gasteiger partial charge in [0.05, 0.1) is 17.0 Å². The van der Waals surface area contributed by atoms with Crippen LogP contribution in [0.5, 0.6) is 0 Å². The number of nitrogens with zero attached hydrogens (tertiary/aromatic N) is 4. The molecule has 0 saturated carbocycles. The van der Waals surface area contributed by atoms with Crippen molar-refractivity contribution in [1.82, 2.24) is 15.2 Å². The third-order valence-corrected chi connectivity index (χ3v) is 4.65. The van der Waals surface area contributed by atoms with E-state index in [0.29, 0.717) is 17.0 Å². The number of fused-ring (bicyclic) bond motifs is 1. The molecule has 0 radical (unpaired) electrons. The SMILES string of the molecule is O=C1Nc2ccccc2C(c2ccccc2)=NC1Nc1nnc(-c2ccc(F)nc2)o1. The Morgan fingerprint density at radius 1 is 0.935 bits per heavy atom. The number of hydrogen-bond donors (Lipinski definition) is 2. The topological polar surface area (TPSA) is 105 Å². The summed E-state index contributed by atoms with van der Waals surface area (Å²) in [6, 6.07) is 19.7. The molecule has 5 rings (SSSR count). The highest BCUT2D eigenvalue weighted by molar-refractivity contribution is 6.19. The van der Waals surface area contributed by atoms with Crippen LogP contribution in [0.2, 0.25) is 0 Å². The molecule has 0 aliphatic carbocycles. The number of benzodiazepines with no additional fused rings is 1. The normalized spacial score (nSPS) is 15.5. The standard InChI is InChI=1S/C22H15FN6O2/c23-17-11-10-14(12-24-17)21-28-29-22(31-21)27-19-20(30)25-16-9-5-4-8-15(16)18(26-19)13-6-2-1-3-7-13/h1-12,19H,(H,25,30)(H,27,29). The number of halogens is 1. The lowest BCUT2D eigenvalue weighted by molar-refractivity contribution is -0.116. The lowest BCUT2D eigenvalue weighted by atomic mass is 10.0. The number of carbonyl (C=O) groups excluding carboxylic acids is 1. The largest absolute Gasteiger partial charge is 0.403 e. The average molecular weight is 414 g/mol. The smallest absolute Gasteiger partial charge is 0.317 e. The van der Waals surface area contributed by atoms with Crippen molar-refractivity contribution >= 4 is 23.3 Å². The van der Waals surface area contributed by atoms with Crippen molar-refractivity contribution in [3.8, 4) is 11.5 Å². The van der Waals surface area contributed by atoms with E-state index in [1.54, 1.807) is 0 Å². The second kappa shape index (κ2) is 7.79. The third kappa shape index (κ3) is 3.76. The molecule has 1 aliphatic rings. The van der Waals surface area contributed by atoms with E-state index in [-0.39, 0.29) is 17.8 Å². The first kappa shape index (κ1) is 18.6. The number of aliphatic imine (C=N–C) groups is 1. The van der Waals surface area contributed by atoms with Gasteiger partial charge in [-0.15, -0.1) is 5.10 Å². The van der Waals surface area contributed by atoms with Gasteiger partial charge in [-0.3, -0.25) is 4.79 Å². The first-order valence-corrected chi connectivity index (χ1v) is 9.43. The fourth-order valence-corrected chi connectivity index (χ4v) is 3.20. The number of benzene rings is 2. The van der Waals surface area contributed by atoms with E-state index in [1.807, 2.05) is 54.6 Å². The number of rotatable bonds is 4. The van der Waals surface area contributed by atoms with Crippen LogP contribution in [0.25, 0.3) is 11.5 Å². The van der Waals surface area contributed by atoms with E-state index in [1.165, 1.54) is 18.3 Å². The maximum atomic E-state index is 13.0. The first-order valence-electron chi connectivity index (χ1n) is 9.43. The van der Waals surface area contributed by atoms with Gasteiger partial charge >= 0.3 is 6.01 Å². The first-order chi connectivity index (χ1) is 15.2. The van der Waals surface area contributed by atoms with E-state index in [0.717, 1.165) is 11.1 Å². The summed E-state index contributed by atoms with van der Waals surface area (Å²) in [7, 11) is 0. The van der Waals surface area contributed by atoms with Gasteiger partial charge in [0.2, 0.25) is 12.1 Å². The minimum absolute atomic E-state index is 0.00147. The molecule has 1 unspecified atom stereocenters. The predicted octanol–water partition coefficient (Wildman–Crippen LogP) is 3.50. The molecular weight excluding hydrogens is 399 g/mol. The molecule has 1 atom stereocenters. The van der Waals surface area contributed by atoms with Crippen LogP contribution in [0.3, 0.4) is 0 Å². The van der Waals surface area contributed by atoms with E-state index in [9.17, 15) is 9.18 Å². The van der Waals surface area contributed by atoms with E-state index in [2.05, 4.69) is 30.8 Å². The van der Waals surface area contributed by atoms with Crippen LogP contribution < -0.4 is 10.6 Å². The molecule has 31 heavy (non-hydrogen) atoms. The zero-order valence-electron chi connectivity index (χ0n) is 16.0. The van der Waals surface area contributed by atoms with Crippen LogP contribution in [0, 0.1) is 5.95 Å². The Balaban J connectivity index is 1.49. The van der Waals surface area contributed by atoms with E-state index < -0.39 is 12.1 Å². The molecule has 8 nitrogen and oxygen atoms in total. The fourth-order valence-electron chi connectivity index (χ4n) is 3.20. The van der Waals surface area contributed by atoms with Crippen LogP contribution in [0.1, 0.15) is 11.1 Å². The molecule has 0 bridgehead atoms. The quantitative estimate of drug-likeness (QED) is 0.495. The highest BCUT2D eigenvalue weighted by Gasteiger charge is 2.27. The number of nitrogens with one attached hydrogen (secondary N) is 2. The van der Waals surface area contributed by atoms with Crippen molar-refractivity contribution < 1.29 is 13.6 Å². The Kier molecular flexibility index (Phi) is 4.68. The van der Waals surface area contributed by atoms with Crippen molar-refractivity contribution in [1.29, 1.82) is 0 Å². The molecular formula is C22H15FN6O2. The molecule has 2 aromatic carbocycles. The summed E-state index contributed by atoms with van der Waals surface area (Å²) in [5.74, 6) is -0.847. The molecule has 0 spiro atoms. The van der Waals surface area contributed by atoms with Gasteiger partial charge in [0, 0.05) is 17.3 Å². The number of amides is 1. The minimum atomic E-state index is -1.01. The molecule has 0 saturated heterocycles. The van der Waals surface area contributed by atoms with E-state index >= 15 is 0 Å². The lowest BCUT2D eigenvalue weighted by Crippen LogP contribution is -2.32. The van der Waals surface area contributed by atoms with Gasteiger partial charge in [0.15, 0.2) is 0 Å². The number of carbonyl (C=O) groups is 1. The zero-order valence-corrected chi connectivity index (χ0v) is 16.0. The fraction of sp³-hybridized carbons (Fsp3) is 0.0455. The molecule has 2 aromatic heterocycles. The highest BCUT2D eigenvalue weighted by atomic mass is 19.1. The molecule has 9 heteroatoms. The summed E-state index contributed by atoms with van der Waals surface area (Å²) in [6.07, 6.45) is 0.273. The Labute approximate surface area is 175 Å². The van der Waals surface area contributed by atoms with Gasteiger partial charge < -0.3 is 15.1 Å². The number of para-hydroxylation sites is 1. The number of aromatic nitrogens is 3. The second-order valence-electron chi connectivity index (χ2n) is 6.71. The van der Waals surface area contributed by atoms with Crippen LogP contribution in [0.4, 0.5) is 16.1 Å². The summed E-state index contributed by atoms with van der Waals surface area (Å²) >= 11 is 0. The Morgan fingerprint density at radius 2 is 1.74 bits per heavy atom. The summed E-state index contributed by atoms with van der Waals surface area (Å²) in [5.41, 5.74) is 3.42. The molecule has 4 aromatic rings. The van der Waals surface area contributed by atoms with Gasteiger partial charge in [0.25, 0.3) is 11.8 Å². The van der Waals surface area contributed by atoms with Crippen LogP contribution in [-0.4, -0.2) is 33.0 Å². The van der Waals surface area contributed by atoms with Crippen LogP contribution >= 0.6 is 0 Å². The monoisotopic (exact) mass is 414 g/mol. The molecule has 0 fully saturated rings. The minimum Gasteiger partial charge on any atom is -0.403 e. The Morgan fingerprint density at radius 3 is 2.55 bits per heavy atom. The van der Waals surface area contributed by atoms with Gasteiger partial charge in [-0.2, -0.15) is 4.39 Å². The maximum absolute atomic E-state index is 13.0. The summed E-state index contributed by atoms with van der Waals surface area (Å²) in [5, 5.41) is 13.6. The predicted molar refractivity (Wildman–Crippen MR) is 112 cm³/mol. The summed E-state index contributed by atoms with van der Waals surface area (Å²) in [4.78, 5) is 21.1. The van der Waals surface area contributed by atoms with Crippen LogP contribution in [0.15, 0.2) is 82.3 Å². The summed E-state index contributed by atoms with van der Waals surface area (Å²) < 4.78 is 18.6. The maximum Gasteiger partial charge on any atom is 0.317 e. The van der Waals surface area contributed by atoms with Crippen molar-refractivity contribution in [3.63, 3.8) is 0 Å². The number of hydrogen-bond acceptors (Lipinski definition) is 7. The van der Waals surface area contributed by atoms with Gasteiger partial charge in [-0.05, 0) is 18.2 Å². The van der Waals surface area contributed by atoms with Gasteiger partial charge in [-0.25, -0.2) is 9.98 Å².